The molecule has 2 rings (SSSR count). The van der Waals surface area contributed by atoms with Crippen LogP contribution in [0.3, 0.4) is 0 Å². The van der Waals surface area contributed by atoms with Gasteiger partial charge in [0.1, 0.15) is 0 Å². The number of anilines is 1. The predicted molar refractivity (Wildman–Crippen MR) is 101 cm³/mol. The van der Waals surface area contributed by atoms with Gasteiger partial charge in [0.2, 0.25) is 0 Å². The van der Waals surface area contributed by atoms with Crippen molar-refractivity contribution in [3.05, 3.63) is 51.6 Å². The van der Waals surface area contributed by atoms with E-state index < -0.39 is 10.8 Å². The van der Waals surface area contributed by atoms with E-state index in [9.17, 15) is 14.9 Å². The number of nitrogens with one attached hydrogen (secondary N) is 1. The van der Waals surface area contributed by atoms with Gasteiger partial charge in [0, 0.05) is 23.9 Å². The first-order chi connectivity index (χ1) is 13.4. The molecule has 0 bridgehead atoms. The van der Waals surface area contributed by atoms with Crippen molar-refractivity contribution in [1.82, 2.24) is 0 Å². The van der Waals surface area contributed by atoms with Gasteiger partial charge in [0.05, 0.1) is 30.3 Å². The van der Waals surface area contributed by atoms with Crippen LogP contribution in [0.15, 0.2) is 30.3 Å². The Labute approximate surface area is 161 Å². The van der Waals surface area contributed by atoms with E-state index in [4.69, 9.17) is 19.5 Å². The summed E-state index contributed by atoms with van der Waals surface area (Å²) in [6, 6.07) is 9.35. The molecule has 28 heavy (non-hydrogen) atoms. The zero-order valence-corrected chi connectivity index (χ0v) is 15.6. The van der Waals surface area contributed by atoms with E-state index >= 15 is 0 Å². The average Bonchev–Trinajstić information content (AvgIpc) is 2.68. The minimum atomic E-state index is -0.555. The average molecular weight is 385 g/mol. The monoisotopic (exact) mass is 385 g/mol. The second-order valence-electron chi connectivity index (χ2n) is 5.64. The van der Waals surface area contributed by atoms with Crippen molar-refractivity contribution in [1.29, 1.82) is 5.26 Å². The van der Waals surface area contributed by atoms with E-state index in [1.807, 2.05) is 6.07 Å². The molecule has 0 unspecified atom stereocenters. The summed E-state index contributed by atoms with van der Waals surface area (Å²) in [6.07, 6.45) is 0. The van der Waals surface area contributed by atoms with Crippen LogP contribution in [0.4, 0.5) is 11.4 Å². The smallest absolute Gasteiger partial charge is 0.311 e. The number of rotatable bonds is 8. The van der Waals surface area contributed by atoms with Gasteiger partial charge in [-0.25, -0.2) is 0 Å². The van der Waals surface area contributed by atoms with Crippen molar-refractivity contribution < 1.29 is 23.9 Å². The van der Waals surface area contributed by atoms with Crippen LogP contribution in [-0.4, -0.2) is 31.2 Å². The lowest BCUT2D eigenvalue weighted by atomic mass is 10.1. The van der Waals surface area contributed by atoms with E-state index in [1.54, 1.807) is 26.0 Å². The van der Waals surface area contributed by atoms with E-state index in [-0.39, 0.29) is 18.0 Å². The van der Waals surface area contributed by atoms with Gasteiger partial charge in [-0.3, -0.25) is 14.9 Å². The molecule has 2 aromatic carbocycles. The quantitative estimate of drug-likeness (QED) is 0.546. The lowest BCUT2D eigenvalue weighted by Gasteiger charge is -2.13. The third kappa shape index (κ3) is 4.88. The van der Waals surface area contributed by atoms with Crippen LogP contribution in [-0.2, 0) is 4.79 Å². The Kier molecular flexibility index (Phi) is 6.76. The lowest BCUT2D eigenvalue weighted by molar-refractivity contribution is -0.385. The van der Waals surface area contributed by atoms with Crippen molar-refractivity contribution in [2.45, 2.75) is 13.8 Å². The molecule has 0 saturated heterocycles. The topological polar surface area (TPSA) is 124 Å². The maximum absolute atomic E-state index is 12.2. The molecule has 146 valence electrons. The fourth-order valence-electron chi connectivity index (χ4n) is 2.41. The number of nitro groups is 1. The molecule has 0 aliphatic rings. The van der Waals surface area contributed by atoms with Crippen molar-refractivity contribution in [2.24, 2.45) is 0 Å². The second kappa shape index (κ2) is 9.23. The fraction of sp³-hybridized carbons (Fsp3) is 0.263. The minimum Gasteiger partial charge on any atom is -0.490 e. The molecular formula is C19H19N3O6. The predicted octanol–water partition coefficient (Wildman–Crippen LogP) is 3.20. The van der Waals surface area contributed by atoms with Crippen molar-refractivity contribution in [3.8, 4) is 23.3 Å². The van der Waals surface area contributed by atoms with Crippen LogP contribution in [0, 0.1) is 28.4 Å². The second-order valence-corrected chi connectivity index (χ2v) is 5.64. The number of hydrogen-bond donors (Lipinski definition) is 1. The Bertz CT molecular complexity index is 936. The molecule has 1 amide bonds. The van der Waals surface area contributed by atoms with Crippen LogP contribution in [0.2, 0.25) is 0 Å². The Morgan fingerprint density at radius 2 is 1.96 bits per heavy atom. The number of nitriles is 1. The number of carbonyl (C=O) groups excluding carboxylic acids is 1. The van der Waals surface area contributed by atoms with E-state index in [2.05, 4.69) is 5.32 Å². The van der Waals surface area contributed by atoms with Gasteiger partial charge in [-0.2, -0.15) is 5.26 Å². The number of benzene rings is 2. The van der Waals surface area contributed by atoms with E-state index in [1.165, 1.54) is 25.3 Å². The molecular weight excluding hydrogens is 366 g/mol. The number of ether oxygens (including phenoxy) is 3. The van der Waals surface area contributed by atoms with E-state index in [0.29, 0.717) is 34.9 Å². The summed E-state index contributed by atoms with van der Waals surface area (Å²) in [6.45, 7) is 3.49. The standard InChI is InChI=1S/C19H19N3O6/c1-4-27-18-8-13(10-20)5-6-16(18)28-11-19(23)21-14-9-17(26-3)15(22(24)25)7-12(14)2/h5-9H,4,11H2,1-3H3,(H,21,23). The van der Waals surface area contributed by atoms with E-state index in [0.717, 1.165) is 0 Å². The Hall–Kier alpha value is -3.80. The molecule has 0 spiro atoms. The lowest BCUT2D eigenvalue weighted by Crippen LogP contribution is -2.21. The van der Waals surface area contributed by atoms with Gasteiger partial charge >= 0.3 is 5.69 Å². The SMILES string of the molecule is CCOc1cc(C#N)ccc1OCC(=O)Nc1cc(OC)c([N+](=O)[O-])cc1C. The molecule has 9 heteroatoms. The number of amides is 1. The summed E-state index contributed by atoms with van der Waals surface area (Å²) in [5, 5.41) is 22.6. The number of methoxy groups -OCH3 is 1. The summed E-state index contributed by atoms with van der Waals surface area (Å²) in [7, 11) is 1.31. The molecule has 0 aliphatic carbocycles. The van der Waals surface area contributed by atoms with Crippen molar-refractivity contribution in [3.63, 3.8) is 0 Å². The highest BCUT2D eigenvalue weighted by atomic mass is 16.6. The highest BCUT2D eigenvalue weighted by Crippen LogP contribution is 2.33. The normalized spacial score (nSPS) is 9.93. The number of carbonyl (C=O) groups is 1. The molecule has 0 radical (unpaired) electrons. The fourth-order valence-corrected chi connectivity index (χ4v) is 2.41. The minimum absolute atomic E-state index is 0.0394. The molecule has 0 fully saturated rings. The highest BCUT2D eigenvalue weighted by molar-refractivity contribution is 5.93. The molecule has 0 heterocycles. The Morgan fingerprint density at radius 1 is 1.21 bits per heavy atom. The van der Waals surface area contributed by atoms with Crippen LogP contribution >= 0.6 is 0 Å². The van der Waals surface area contributed by atoms with Gasteiger partial charge in [-0.15, -0.1) is 0 Å². The van der Waals surface area contributed by atoms with Gasteiger partial charge < -0.3 is 19.5 Å². The largest absolute Gasteiger partial charge is 0.490 e. The van der Waals surface area contributed by atoms with Gasteiger partial charge in [-0.05, 0) is 31.5 Å². The number of aryl methyl sites for hydroxylation is 1. The van der Waals surface area contributed by atoms with Crippen LogP contribution in [0.1, 0.15) is 18.1 Å². The molecule has 2 aromatic rings. The molecule has 0 atom stereocenters. The molecule has 0 saturated carbocycles. The first-order valence-corrected chi connectivity index (χ1v) is 8.32. The van der Waals surface area contributed by atoms with Crippen molar-refractivity contribution in [2.75, 3.05) is 25.6 Å². The third-order valence-electron chi connectivity index (χ3n) is 3.73. The van der Waals surface area contributed by atoms with Crippen LogP contribution in [0.25, 0.3) is 0 Å². The molecule has 0 aliphatic heterocycles. The summed E-state index contributed by atoms with van der Waals surface area (Å²) < 4.78 is 15.9. The first kappa shape index (κ1) is 20.5. The summed E-state index contributed by atoms with van der Waals surface area (Å²) in [5.74, 6) is 0.264. The Morgan fingerprint density at radius 3 is 2.57 bits per heavy atom. The highest BCUT2D eigenvalue weighted by Gasteiger charge is 2.18. The summed E-state index contributed by atoms with van der Waals surface area (Å²) in [5.41, 5.74) is 1.11. The van der Waals surface area contributed by atoms with Crippen LogP contribution in [0.5, 0.6) is 17.2 Å². The summed E-state index contributed by atoms with van der Waals surface area (Å²) in [4.78, 5) is 22.7. The molecule has 1 N–H and O–H groups in total. The third-order valence-corrected chi connectivity index (χ3v) is 3.73. The Balaban J connectivity index is 2.11. The van der Waals surface area contributed by atoms with Gasteiger partial charge in [0.15, 0.2) is 23.9 Å². The van der Waals surface area contributed by atoms with Crippen molar-refractivity contribution >= 4 is 17.3 Å². The zero-order chi connectivity index (χ0) is 20.7. The zero-order valence-electron chi connectivity index (χ0n) is 15.6. The number of hydrogen-bond acceptors (Lipinski definition) is 7. The number of nitro benzene ring substituents is 1. The summed E-state index contributed by atoms with van der Waals surface area (Å²) >= 11 is 0. The maximum atomic E-state index is 12.2. The number of nitrogens with zero attached hydrogens (tertiary/aromatic N) is 2. The first-order valence-electron chi connectivity index (χ1n) is 8.32. The van der Waals surface area contributed by atoms with Gasteiger partial charge in [0.25, 0.3) is 5.91 Å². The maximum Gasteiger partial charge on any atom is 0.311 e. The van der Waals surface area contributed by atoms with Crippen LogP contribution < -0.4 is 19.5 Å². The molecule has 9 nitrogen and oxygen atoms in total. The van der Waals surface area contributed by atoms with Gasteiger partial charge in [-0.1, -0.05) is 0 Å². The molecule has 0 aromatic heterocycles.